The van der Waals surface area contributed by atoms with E-state index in [-0.39, 0.29) is 0 Å². The van der Waals surface area contributed by atoms with Crippen molar-refractivity contribution < 1.29 is 0 Å². The van der Waals surface area contributed by atoms with Crippen LogP contribution in [0.15, 0.2) is 22.7 Å². The lowest BCUT2D eigenvalue weighted by molar-refractivity contribution is 0.412. The second kappa shape index (κ2) is 4.50. The van der Waals surface area contributed by atoms with Crippen LogP contribution in [0.3, 0.4) is 0 Å². The molecule has 86 valence electrons. The van der Waals surface area contributed by atoms with Gasteiger partial charge in [-0.15, -0.1) is 0 Å². The van der Waals surface area contributed by atoms with Crippen molar-refractivity contribution in [2.75, 3.05) is 6.54 Å². The van der Waals surface area contributed by atoms with Gasteiger partial charge in [0.15, 0.2) is 0 Å². The summed E-state index contributed by atoms with van der Waals surface area (Å²) >= 11 is 3.73. The van der Waals surface area contributed by atoms with Crippen LogP contribution in [0, 0.1) is 0 Å². The summed E-state index contributed by atoms with van der Waals surface area (Å²) < 4.78 is 1.32. The van der Waals surface area contributed by atoms with E-state index in [1.165, 1.54) is 54.2 Å². The lowest BCUT2D eigenvalue weighted by Crippen LogP contribution is -2.26. The molecule has 1 unspecified atom stereocenters. The van der Waals surface area contributed by atoms with Crippen molar-refractivity contribution in [3.05, 3.63) is 33.8 Å². The Hall–Kier alpha value is -0.340. The third-order valence-electron chi connectivity index (χ3n) is 3.75. The van der Waals surface area contributed by atoms with E-state index < -0.39 is 0 Å². The highest BCUT2D eigenvalue weighted by Gasteiger charge is 2.26. The van der Waals surface area contributed by atoms with Gasteiger partial charge in [-0.2, -0.15) is 0 Å². The summed E-state index contributed by atoms with van der Waals surface area (Å²) in [6.07, 6.45) is 6.73. The Bertz CT molecular complexity index is 378. The molecule has 1 atom stereocenters. The quantitative estimate of drug-likeness (QED) is 0.858. The molecule has 1 saturated carbocycles. The van der Waals surface area contributed by atoms with Crippen molar-refractivity contribution in [2.45, 2.75) is 44.1 Å². The summed E-state index contributed by atoms with van der Waals surface area (Å²) in [5.74, 6) is 0.836. The number of hydrogen-bond acceptors (Lipinski definition) is 1. The largest absolute Gasteiger partial charge is 0.310 e. The summed E-state index contributed by atoms with van der Waals surface area (Å²) in [5, 5.41) is 3.61. The number of rotatable bonds is 2. The molecule has 2 aliphatic rings. The molecule has 2 fully saturated rings. The SMILES string of the molecule is Brc1cc(C2CCCCN2)ccc1C1CC1. The molecule has 1 N–H and O–H groups in total. The molecule has 0 aromatic heterocycles. The maximum Gasteiger partial charge on any atom is 0.0320 e. The van der Waals surface area contributed by atoms with Crippen LogP contribution in [0.5, 0.6) is 0 Å². The lowest BCUT2D eigenvalue weighted by atomic mass is 9.96. The van der Waals surface area contributed by atoms with Crippen molar-refractivity contribution >= 4 is 15.9 Å². The minimum Gasteiger partial charge on any atom is -0.310 e. The molecular formula is C14H18BrN. The summed E-state index contributed by atoms with van der Waals surface area (Å²) in [5.41, 5.74) is 2.97. The van der Waals surface area contributed by atoms with Gasteiger partial charge in [0.05, 0.1) is 0 Å². The van der Waals surface area contributed by atoms with Gasteiger partial charge >= 0.3 is 0 Å². The standard InChI is InChI=1S/C14H18BrN/c15-13-9-11(14-3-1-2-8-16-14)6-7-12(13)10-4-5-10/h6-7,9-10,14,16H,1-5,8H2. The highest BCUT2D eigenvalue weighted by atomic mass is 79.9. The molecule has 1 aromatic rings. The fourth-order valence-corrected chi connectivity index (χ4v) is 3.34. The van der Waals surface area contributed by atoms with Crippen LogP contribution >= 0.6 is 15.9 Å². The van der Waals surface area contributed by atoms with Gasteiger partial charge in [0.2, 0.25) is 0 Å². The van der Waals surface area contributed by atoms with Gasteiger partial charge in [-0.25, -0.2) is 0 Å². The van der Waals surface area contributed by atoms with E-state index in [0.29, 0.717) is 6.04 Å². The van der Waals surface area contributed by atoms with Crippen molar-refractivity contribution in [2.24, 2.45) is 0 Å². The van der Waals surface area contributed by atoms with E-state index in [0.717, 1.165) is 5.92 Å². The van der Waals surface area contributed by atoms with Crippen LogP contribution in [-0.2, 0) is 0 Å². The Kier molecular flexibility index (Phi) is 3.03. The molecule has 1 aliphatic heterocycles. The molecular weight excluding hydrogens is 262 g/mol. The van der Waals surface area contributed by atoms with Gasteiger partial charge in [0.25, 0.3) is 0 Å². The van der Waals surface area contributed by atoms with Crippen LogP contribution in [0.4, 0.5) is 0 Å². The van der Waals surface area contributed by atoms with E-state index in [1.807, 2.05) is 0 Å². The fourth-order valence-electron chi connectivity index (χ4n) is 2.62. The van der Waals surface area contributed by atoms with Gasteiger partial charge in [0.1, 0.15) is 0 Å². The molecule has 2 heteroatoms. The third-order valence-corrected chi connectivity index (χ3v) is 4.44. The van der Waals surface area contributed by atoms with Gasteiger partial charge in [0, 0.05) is 10.5 Å². The Labute approximate surface area is 106 Å². The zero-order chi connectivity index (χ0) is 11.0. The van der Waals surface area contributed by atoms with Gasteiger partial charge in [-0.05, 0) is 55.3 Å². The van der Waals surface area contributed by atoms with Crippen molar-refractivity contribution in [3.8, 4) is 0 Å². The average molecular weight is 280 g/mol. The van der Waals surface area contributed by atoms with Crippen molar-refractivity contribution in [3.63, 3.8) is 0 Å². The van der Waals surface area contributed by atoms with E-state index in [2.05, 4.69) is 39.4 Å². The molecule has 0 radical (unpaired) electrons. The summed E-state index contributed by atoms with van der Waals surface area (Å²) in [6.45, 7) is 1.17. The monoisotopic (exact) mass is 279 g/mol. The summed E-state index contributed by atoms with van der Waals surface area (Å²) in [7, 11) is 0. The lowest BCUT2D eigenvalue weighted by Gasteiger charge is -2.24. The van der Waals surface area contributed by atoms with E-state index >= 15 is 0 Å². The van der Waals surface area contributed by atoms with E-state index in [4.69, 9.17) is 0 Å². The number of hydrogen-bond donors (Lipinski definition) is 1. The first-order valence-corrected chi connectivity index (χ1v) is 7.16. The topological polar surface area (TPSA) is 12.0 Å². The van der Waals surface area contributed by atoms with Crippen LogP contribution in [0.25, 0.3) is 0 Å². The second-order valence-corrected chi connectivity index (χ2v) is 5.91. The van der Waals surface area contributed by atoms with E-state index in [9.17, 15) is 0 Å². The van der Waals surface area contributed by atoms with Crippen molar-refractivity contribution in [1.82, 2.24) is 5.32 Å². The smallest absolute Gasteiger partial charge is 0.0320 e. The van der Waals surface area contributed by atoms with Gasteiger partial charge in [-0.1, -0.05) is 34.5 Å². The number of nitrogens with one attached hydrogen (secondary N) is 1. The number of benzene rings is 1. The average Bonchev–Trinajstić information content (AvgIpc) is 3.14. The Morgan fingerprint density at radius 3 is 2.62 bits per heavy atom. The first kappa shape index (κ1) is 10.8. The molecule has 1 saturated heterocycles. The highest BCUT2D eigenvalue weighted by Crippen LogP contribution is 2.43. The predicted molar refractivity (Wildman–Crippen MR) is 70.7 cm³/mol. The first-order valence-electron chi connectivity index (χ1n) is 6.37. The highest BCUT2D eigenvalue weighted by molar-refractivity contribution is 9.10. The predicted octanol–water partition coefficient (Wildman–Crippen LogP) is 4.14. The maximum atomic E-state index is 3.73. The number of piperidine rings is 1. The summed E-state index contributed by atoms with van der Waals surface area (Å²) in [6, 6.07) is 7.56. The van der Waals surface area contributed by atoms with Crippen LogP contribution in [-0.4, -0.2) is 6.54 Å². The zero-order valence-electron chi connectivity index (χ0n) is 9.51. The fraction of sp³-hybridized carbons (Fsp3) is 0.571. The second-order valence-electron chi connectivity index (χ2n) is 5.06. The molecule has 16 heavy (non-hydrogen) atoms. The normalized spacial score (nSPS) is 25.7. The van der Waals surface area contributed by atoms with E-state index in [1.54, 1.807) is 0 Å². The molecule has 0 bridgehead atoms. The summed E-state index contributed by atoms with van der Waals surface area (Å²) in [4.78, 5) is 0. The molecule has 1 nitrogen and oxygen atoms in total. The minimum atomic E-state index is 0.582. The molecule has 0 amide bonds. The number of halogens is 1. The van der Waals surface area contributed by atoms with Crippen LogP contribution in [0.2, 0.25) is 0 Å². The Morgan fingerprint density at radius 2 is 2.00 bits per heavy atom. The molecule has 1 aromatic carbocycles. The first-order chi connectivity index (χ1) is 7.84. The van der Waals surface area contributed by atoms with Gasteiger partial charge in [-0.3, -0.25) is 0 Å². The molecule has 1 aliphatic carbocycles. The molecule has 1 heterocycles. The third kappa shape index (κ3) is 2.18. The Morgan fingerprint density at radius 1 is 1.12 bits per heavy atom. The van der Waals surface area contributed by atoms with Crippen LogP contribution in [0.1, 0.15) is 55.2 Å². The minimum absolute atomic E-state index is 0.582. The Balaban J connectivity index is 1.81. The maximum absolute atomic E-state index is 3.73. The van der Waals surface area contributed by atoms with Gasteiger partial charge < -0.3 is 5.32 Å². The molecule has 3 rings (SSSR count). The van der Waals surface area contributed by atoms with Crippen molar-refractivity contribution in [1.29, 1.82) is 0 Å². The van der Waals surface area contributed by atoms with Crippen LogP contribution < -0.4 is 5.32 Å². The zero-order valence-corrected chi connectivity index (χ0v) is 11.1. The molecule has 0 spiro atoms.